The Morgan fingerprint density at radius 2 is 1.50 bits per heavy atom. The van der Waals surface area contributed by atoms with E-state index in [1.807, 2.05) is 60.7 Å². The van der Waals surface area contributed by atoms with Crippen LogP contribution in [0.25, 0.3) is 22.0 Å². The van der Waals surface area contributed by atoms with Gasteiger partial charge in [-0.05, 0) is 48.5 Å². The van der Waals surface area contributed by atoms with Crippen molar-refractivity contribution in [3.63, 3.8) is 0 Å². The molecule has 0 spiro atoms. The number of aromatic hydroxyl groups is 1. The second-order valence-corrected chi connectivity index (χ2v) is 5.84. The lowest BCUT2D eigenvalue weighted by atomic mass is 10.0. The smallest absolute Gasteiger partial charge is 0.161 e. The van der Waals surface area contributed by atoms with E-state index < -0.39 is 0 Å². The van der Waals surface area contributed by atoms with E-state index in [1.165, 1.54) is 0 Å². The van der Waals surface area contributed by atoms with Crippen LogP contribution in [0.1, 0.15) is 0 Å². The molecule has 4 aromatic rings. The van der Waals surface area contributed by atoms with Crippen molar-refractivity contribution >= 4 is 22.3 Å². The molecule has 0 amide bonds. The molecule has 0 unspecified atom stereocenters. The molecule has 0 saturated carbocycles. The predicted molar refractivity (Wildman–Crippen MR) is 103 cm³/mol. The lowest BCUT2D eigenvalue weighted by molar-refractivity contribution is 0.415. The first-order valence-corrected chi connectivity index (χ1v) is 8.20. The number of methoxy groups -OCH3 is 1. The summed E-state index contributed by atoms with van der Waals surface area (Å²) in [7, 11) is 1.64. The highest BCUT2D eigenvalue weighted by atomic mass is 16.5. The van der Waals surface area contributed by atoms with E-state index in [0.717, 1.165) is 33.5 Å². The zero-order valence-corrected chi connectivity index (χ0v) is 14.2. The molecule has 0 radical (unpaired) electrons. The van der Waals surface area contributed by atoms with E-state index in [9.17, 15) is 5.11 Å². The Morgan fingerprint density at radius 1 is 0.808 bits per heavy atom. The summed E-state index contributed by atoms with van der Waals surface area (Å²) in [5.74, 6) is 1.71. The summed E-state index contributed by atoms with van der Waals surface area (Å²) in [6, 6.07) is 22.6. The van der Waals surface area contributed by atoms with Crippen molar-refractivity contribution in [3.05, 3.63) is 72.8 Å². The lowest BCUT2D eigenvalue weighted by Crippen LogP contribution is -1.99. The molecule has 1 heterocycles. The minimum absolute atomic E-state index is 0.226. The quantitative estimate of drug-likeness (QED) is 0.559. The number of rotatable bonds is 4. The summed E-state index contributed by atoms with van der Waals surface area (Å²) in [4.78, 5) is 0. The van der Waals surface area contributed by atoms with E-state index in [4.69, 9.17) is 4.74 Å². The lowest BCUT2D eigenvalue weighted by Gasteiger charge is -2.11. The number of nitrogens with zero attached hydrogens (tertiary/aromatic N) is 2. The summed E-state index contributed by atoms with van der Waals surface area (Å²) in [5.41, 5.74) is 2.59. The van der Waals surface area contributed by atoms with Crippen molar-refractivity contribution in [2.24, 2.45) is 0 Å². The standard InChI is InChI=1S/C21H17N3O2/c1-26-17-12-8-15(9-13-17)22-21-19-5-3-2-4-18(19)20(23-24-21)14-6-10-16(25)11-7-14/h2-13,25H,1H3,(H,22,24). The Kier molecular flexibility index (Phi) is 4.11. The molecule has 0 atom stereocenters. The molecule has 26 heavy (non-hydrogen) atoms. The van der Waals surface area contributed by atoms with Gasteiger partial charge in [-0.3, -0.25) is 0 Å². The Balaban J connectivity index is 1.77. The van der Waals surface area contributed by atoms with Gasteiger partial charge >= 0.3 is 0 Å². The molecule has 0 aliphatic rings. The fourth-order valence-electron chi connectivity index (χ4n) is 2.84. The molecule has 5 heteroatoms. The van der Waals surface area contributed by atoms with Crippen molar-refractivity contribution in [2.75, 3.05) is 12.4 Å². The van der Waals surface area contributed by atoms with Gasteiger partial charge in [-0.1, -0.05) is 24.3 Å². The van der Waals surface area contributed by atoms with Gasteiger partial charge in [-0.25, -0.2) is 0 Å². The number of hydrogen-bond donors (Lipinski definition) is 2. The minimum atomic E-state index is 0.226. The normalized spacial score (nSPS) is 10.7. The largest absolute Gasteiger partial charge is 0.508 e. The zero-order valence-electron chi connectivity index (χ0n) is 14.2. The van der Waals surface area contributed by atoms with E-state index in [-0.39, 0.29) is 5.75 Å². The fourth-order valence-corrected chi connectivity index (χ4v) is 2.84. The molecular formula is C21H17N3O2. The summed E-state index contributed by atoms with van der Waals surface area (Å²) in [5, 5.41) is 23.6. The average molecular weight is 343 g/mol. The van der Waals surface area contributed by atoms with Gasteiger partial charge in [0.15, 0.2) is 5.82 Å². The SMILES string of the molecule is COc1ccc(Nc2nnc(-c3ccc(O)cc3)c3ccccc23)cc1. The van der Waals surface area contributed by atoms with Crippen molar-refractivity contribution in [3.8, 4) is 22.8 Å². The van der Waals surface area contributed by atoms with Crippen LogP contribution in [0.3, 0.4) is 0 Å². The zero-order chi connectivity index (χ0) is 17.9. The number of nitrogens with one attached hydrogen (secondary N) is 1. The van der Waals surface area contributed by atoms with E-state index >= 15 is 0 Å². The number of anilines is 2. The van der Waals surface area contributed by atoms with E-state index in [2.05, 4.69) is 15.5 Å². The maximum absolute atomic E-state index is 9.51. The summed E-state index contributed by atoms with van der Waals surface area (Å²) in [6.07, 6.45) is 0. The monoisotopic (exact) mass is 343 g/mol. The van der Waals surface area contributed by atoms with Crippen molar-refractivity contribution < 1.29 is 9.84 Å². The molecule has 4 rings (SSSR count). The number of phenolic OH excluding ortho intramolecular Hbond substituents is 1. The Morgan fingerprint density at radius 3 is 2.19 bits per heavy atom. The highest BCUT2D eigenvalue weighted by molar-refractivity contribution is 6.00. The molecule has 128 valence electrons. The topological polar surface area (TPSA) is 67.3 Å². The second-order valence-electron chi connectivity index (χ2n) is 5.84. The van der Waals surface area contributed by atoms with Gasteiger partial charge in [0.05, 0.1) is 7.11 Å². The van der Waals surface area contributed by atoms with Crippen molar-refractivity contribution in [2.45, 2.75) is 0 Å². The average Bonchev–Trinajstić information content (AvgIpc) is 2.70. The number of benzene rings is 3. The molecule has 2 N–H and O–H groups in total. The predicted octanol–water partition coefficient (Wildman–Crippen LogP) is 4.75. The van der Waals surface area contributed by atoms with Gasteiger partial charge in [0, 0.05) is 22.0 Å². The van der Waals surface area contributed by atoms with Gasteiger partial charge in [-0.2, -0.15) is 0 Å². The number of fused-ring (bicyclic) bond motifs is 1. The summed E-state index contributed by atoms with van der Waals surface area (Å²) < 4.78 is 5.19. The molecule has 3 aromatic carbocycles. The maximum Gasteiger partial charge on any atom is 0.161 e. The molecule has 0 fully saturated rings. The van der Waals surface area contributed by atoms with Crippen LogP contribution in [-0.4, -0.2) is 22.4 Å². The first kappa shape index (κ1) is 15.9. The number of phenols is 1. The highest BCUT2D eigenvalue weighted by Crippen LogP contribution is 2.31. The summed E-state index contributed by atoms with van der Waals surface area (Å²) in [6.45, 7) is 0. The molecule has 0 aliphatic heterocycles. The molecule has 5 nitrogen and oxygen atoms in total. The first-order chi connectivity index (χ1) is 12.7. The van der Waals surface area contributed by atoms with Crippen LogP contribution in [0.2, 0.25) is 0 Å². The Labute approximate surface area is 150 Å². The van der Waals surface area contributed by atoms with Gasteiger partial charge in [0.2, 0.25) is 0 Å². The van der Waals surface area contributed by atoms with Crippen LogP contribution in [-0.2, 0) is 0 Å². The third kappa shape index (κ3) is 3.02. The van der Waals surface area contributed by atoms with Crippen molar-refractivity contribution in [1.29, 1.82) is 0 Å². The number of hydrogen-bond acceptors (Lipinski definition) is 5. The van der Waals surface area contributed by atoms with Crippen LogP contribution < -0.4 is 10.1 Å². The molecule has 1 aromatic heterocycles. The Hall–Kier alpha value is -3.60. The highest BCUT2D eigenvalue weighted by Gasteiger charge is 2.11. The fraction of sp³-hybridized carbons (Fsp3) is 0.0476. The van der Waals surface area contributed by atoms with E-state index in [1.54, 1.807) is 19.2 Å². The molecule has 0 saturated heterocycles. The van der Waals surface area contributed by atoms with Crippen LogP contribution in [0.5, 0.6) is 11.5 Å². The third-order valence-corrected chi connectivity index (χ3v) is 4.18. The van der Waals surface area contributed by atoms with Gasteiger partial charge in [-0.15, -0.1) is 10.2 Å². The molecule has 0 aliphatic carbocycles. The van der Waals surface area contributed by atoms with Crippen LogP contribution in [0.4, 0.5) is 11.5 Å². The van der Waals surface area contributed by atoms with Crippen LogP contribution >= 0.6 is 0 Å². The Bertz CT molecular complexity index is 1040. The third-order valence-electron chi connectivity index (χ3n) is 4.18. The molecule has 0 bridgehead atoms. The van der Waals surface area contributed by atoms with Gasteiger partial charge in [0.1, 0.15) is 17.2 Å². The maximum atomic E-state index is 9.51. The van der Waals surface area contributed by atoms with E-state index in [0.29, 0.717) is 5.82 Å². The van der Waals surface area contributed by atoms with Gasteiger partial charge in [0.25, 0.3) is 0 Å². The second kappa shape index (κ2) is 6.72. The minimum Gasteiger partial charge on any atom is -0.508 e. The summed E-state index contributed by atoms with van der Waals surface area (Å²) >= 11 is 0. The van der Waals surface area contributed by atoms with Crippen molar-refractivity contribution in [1.82, 2.24) is 10.2 Å². The number of aromatic nitrogens is 2. The number of ether oxygens (including phenoxy) is 1. The molecular weight excluding hydrogens is 326 g/mol. The van der Waals surface area contributed by atoms with Crippen LogP contribution in [0.15, 0.2) is 72.8 Å². The first-order valence-electron chi connectivity index (χ1n) is 8.20. The van der Waals surface area contributed by atoms with Crippen LogP contribution in [0, 0.1) is 0 Å². The van der Waals surface area contributed by atoms with Gasteiger partial charge < -0.3 is 15.2 Å².